The number of rotatable bonds is 8. The number of pyridine rings is 1. The molecule has 6 heteroatoms. The van der Waals surface area contributed by atoms with Gasteiger partial charge in [0.1, 0.15) is 0 Å². The lowest BCUT2D eigenvalue weighted by molar-refractivity contribution is 0.0940. The normalized spacial score (nSPS) is 13.5. The molecule has 0 aliphatic rings. The van der Waals surface area contributed by atoms with Gasteiger partial charge >= 0.3 is 0 Å². The Kier molecular flexibility index (Phi) is 7.36. The largest absolute Gasteiger partial charge is 0.384 e. The van der Waals surface area contributed by atoms with Gasteiger partial charge in [-0.05, 0) is 32.8 Å². The van der Waals surface area contributed by atoms with Crippen LogP contribution >= 0.6 is 0 Å². The molecule has 0 fully saturated rings. The highest BCUT2D eigenvalue weighted by molar-refractivity contribution is 7.84. The molecule has 0 saturated carbocycles. The Morgan fingerprint density at radius 3 is 2.81 bits per heavy atom. The highest BCUT2D eigenvalue weighted by Gasteiger charge is 2.14. The van der Waals surface area contributed by atoms with Gasteiger partial charge in [-0.3, -0.25) is 14.0 Å². The first kappa shape index (κ1) is 17.6. The van der Waals surface area contributed by atoms with Crippen molar-refractivity contribution in [2.75, 3.05) is 23.9 Å². The molecule has 0 radical (unpaired) electrons. The molecule has 118 valence electrons. The van der Waals surface area contributed by atoms with E-state index in [0.29, 0.717) is 17.7 Å². The lowest BCUT2D eigenvalue weighted by Gasteiger charge is -2.16. The van der Waals surface area contributed by atoms with Gasteiger partial charge in [-0.1, -0.05) is 6.92 Å². The van der Waals surface area contributed by atoms with E-state index in [0.717, 1.165) is 24.3 Å². The van der Waals surface area contributed by atoms with Crippen molar-refractivity contribution < 1.29 is 9.00 Å². The standard InChI is InChI=1S/C15H25N3O2S/c1-5-7-16-14-9-12(3)17-10-13(14)15(19)18-11(2)6-8-21(4)20/h9-11H,5-8H2,1-4H3,(H,16,17)(H,18,19). The van der Waals surface area contributed by atoms with Crippen molar-refractivity contribution in [3.05, 3.63) is 23.5 Å². The van der Waals surface area contributed by atoms with Gasteiger partial charge in [0, 0.05) is 47.3 Å². The topological polar surface area (TPSA) is 71.1 Å². The summed E-state index contributed by atoms with van der Waals surface area (Å²) in [6.45, 7) is 6.71. The van der Waals surface area contributed by atoms with Gasteiger partial charge in [0.05, 0.1) is 11.3 Å². The molecule has 1 aromatic rings. The maximum atomic E-state index is 12.3. The molecule has 0 spiro atoms. The summed E-state index contributed by atoms with van der Waals surface area (Å²) < 4.78 is 11.1. The Morgan fingerprint density at radius 1 is 1.48 bits per heavy atom. The second kappa shape index (κ2) is 8.77. The monoisotopic (exact) mass is 311 g/mol. The van der Waals surface area contributed by atoms with Crippen molar-refractivity contribution >= 4 is 22.4 Å². The third-order valence-corrected chi connectivity index (χ3v) is 3.88. The minimum Gasteiger partial charge on any atom is -0.384 e. The van der Waals surface area contributed by atoms with Gasteiger partial charge in [-0.15, -0.1) is 0 Å². The van der Waals surface area contributed by atoms with Crippen LogP contribution in [0, 0.1) is 6.92 Å². The highest BCUT2D eigenvalue weighted by atomic mass is 32.2. The first-order chi connectivity index (χ1) is 9.93. The summed E-state index contributed by atoms with van der Waals surface area (Å²) >= 11 is 0. The van der Waals surface area contributed by atoms with Crippen molar-refractivity contribution in [3.8, 4) is 0 Å². The second-order valence-corrected chi connectivity index (χ2v) is 6.79. The van der Waals surface area contributed by atoms with Gasteiger partial charge in [0.25, 0.3) is 5.91 Å². The van der Waals surface area contributed by atoms with Crippen molar-refractivity contribution in [2.24, 2.45) is 0 Å². The van der Waals surface area contributed by atoms with Crippen molar-refractivity contribution in [3.63, 3.8) is 0 Å². The first-order valence-electron chi connectivity index (χ1n) is 7.25. The molecule has 2 unspecified atom stereocenters. The molecule has 2 atom stereocenters. The van der Waals surface area contributed by atoms with Crippen LogP contribution in [-0.4, -0.2) is 39.7 Å². The average Bonchev–Trinajstić information content (AvgIpc) is 2.42. The smallest absolute Gasteiger partial charge is 0.255 e. The van der Waals surface area contributed by atoms with Crippen LogP contribution in [0.25, 0.3) is 0 Å². The molecule has 21 heavy (non-hydrogen) atoms. The number of aromatic nitrogens is 1. The van der Waals surface area contributed by atoms with Crippen LogP contribution < -0.4 is 10.6 Å². The zero-order valence-corrected chi connectivity index (χ0v) is 14.0. The van der Waals surface area contributed by atoms with E-state index in [1.807, 2.05) is 19.9 Å². The summed E-state index contributed by atoms with van der Waals surface area (Å²) in [6.07, 6.45) is 4.96. The molecule has 0 bridgehead atoms. The van der Waals surface area contributed by atoms with Crippen LogP contribution in [0.4, 0.5) is 5.69 Å². The molecule has 1 amide bonds. The maximum Gasteiger partial charge on any atom is 0.255 e. The number of hydrogen-bond acceptors (Lipinski definition) is 4. The fourth-order valence-corrected chi connectivity index (χ4v) is 2.55. The van der Waals surface area contributed by atoms with E-state index >= 15 is 0 Å². The number of anilines is 1. The van der Waals surface area contributed by atoms with Crippen LogP contribution in [0.5, 0.6) is 0 Å². The van der Waals surface area contributed by atoms with E-state index in [-0.39, 0.29) is 11.9 Å². The summed E-state index contributed by atoms with van der Waals surface area (Å²) in [5, 5.41) is 6.19. The molecule has 1 heterocycles. The van der Waals surface area contributed by atoms with Crippen LogP contribution in [0.1, 0.15) is 42.7 Å². The van der Waals surface area contributed by atoms with E-state index in [1.54, 1.807) is 12.5 Å². The third-order valence-electron chi connectivity index (χ3n) is 3.07. The van der Waals surface area contributed by atoms with Crippen LogP contribution in [0.3, 0.4) is 0 Å². The first-order valence-corrected chi connectivity index (χ1v) is 8.98. The Labute approximate surface area is 129 Å². The summed E-state index contributed by atoms with van der Waals surface area (Å²) in [7, 11) is -0.833. The molecular weight excluding hydrogens is 286 g/mol. The number of nitrogens with one attached hydrogen (secondary N) is 2. The van der Waals surface area contributed by atoms with Crippen LogP contribution in [-0.2, 0) is 10.8 Å². The molecule has 5 nitrogen and oxygen atoms in total. The second-order valence-electron chi connectivity index (χ2n) is 5.24. The van der Waals surface area contributed by atoms with Gasteiger partial charge in [0.2, 0.25) is 0 Å². The summed E-state index contributed by atoms with van der Waals surface area (Å²) in [5.74, 6) is 0.449. The quantitative estimate of drug-likeness (QED) is 0.771. The lowest BCUT2D eigenvalue weighted by atomic mass is 10.1. The predicted octanol–water partition coefficient (Wildman–Crippen LogP) is 2.10. The van der Waals surface area contributed by atoms with E-state index in [4.69, 9.17) is 0 Å². The Hall–Kier alpha value is -1.43. The van der Waals surface area contributed by atoms with Gasteiger partial charge in [0.15, 0.2) is 0 Å². The van der Waals surface area contributed by atoms with Crippen molar-refractivity contribution in [1.82, 2.24) is 10.3 Å². The lowest BCUT2D eigenvalue weighted by Crippen LogP contribution is -2.34. The van der Waals surface area contributed by atoms with Crippen molar-refractivity contribution in [2.45, 2.75) is 39.7 Å². The Bertz CT molecular complexity index is 506. The average molecular weight is 311 g/mol. The zero-order chi connectivity index (χ0) is 15.8. The molecule has 2 N–H and O–H groups in total. The molecular formula is C15H25N3O2S. The molecule has 1 aromatic heterocycles. The van der Waals surface area contributed by atoms with E-state index in [2.05, 4.69) is 22.5 Å². The maximum absolute atomic E-state index is 12.3. The number of aryl methyl sites for hydroxylation is 1. The Morgan fingerprint density at radius 2 is 2.19 bits per heavy atom. The summed E-state index contributed by atoms with van der Waals surface area (Å²) in [5.41, 5.74) is 2.24. The highest BCUT2D eigenvalue weighted by Crippen LogP contribution is 2.16. The predicted molar refractivity (Wildman–Crippen MR) is 88.2 cm³/mol. The van der Waals surface area contributed by atoms with E-state index in [9.17, 15) is 9.00 Å². The number of hydrogen-bond donors (Lipinski definition) is 2. The summed E-state index contributed by atoms with van der Waals surface area (Å²) in [4.78, 5) is 16.5. The molecule has 0 aliphatic carbocycles. The fourth-order valence-electron chi connectivity index (χ4n) is 1.86. The minimum atomic E-state index is -0.833. The van der Waals surface area contributed by atoms with Crippen LogP contribution in [0.15, 0.2) is 12.3 Å². The van der Waals surface area contributed by atoms with Gasteiger partial charge in [-0.2, -0.15) is 0 Å². The molecule has 0 aromatic carbocycles. The molecule has 0 saturated heterocycles. The molecule has 0 aliphatic heterocycles. The SMILES string of the molecule is CCCNc1cc(C)ncc1C(=O)NC(C)CCS(C)=O. The van der Waals surface area contributed by atoms with Crippen LogP contribution in [0.2, 0.25) is 0 Å². The summed E-state index contributed by atoms with van der Waals surface area (Å²) in [6, 6.07) is 1.87. The number of nitrogens with zero attached hydrogens (tertiary/aromatic N) is 1. The molecule has 1 rings (SSSR count). The third kappa shape index (κ3) is 6.25. The van der Waals surface area contributed by atoms with E-state index in [1.165, 1.54) is 0 Å². The van der Waals surface area contributed by atoms with Gasteiger partial charge in [-0.25, -0.2) is 0 Å². The zero-order valence-electron chi connectivity index (χ0n) is 13.2. The number of carbonyl (C=O) groups is 1. The fraction of sp³-hybridized carbons (Fsp3) is 0.600. The minimum absolute atomic E-state index is 0.0123. The number of amides is 1. The Balaban J connectivity index is 2.74. The van der Waals surface area contributed by atoms with E-state index < -0.39 is 10.8 Å². The van der Waals surface area contributed by atoms with Crippen molar-refractivity contribution in [1.29, 1.82) is 0 Å². The number of carbonyl (C=O) groups excluding carboxylic acids is 1. The van der Waals surface area contributed by atoms with Gasteiger partial charge < -0.3 is 10.6 Å².